The summed E-state index contributed by atoms with van der Waals surface area (Å²) in [6.45, 7) is 3.66. The van der Waals surface area contributed by atoms with Gasteiger partial charge in [0.05, 0.1) is 18.1 Å². The van der Waals surface area contributed by atoms with Crippen molar-refractivity contribution in [3.05, 3.63) is 22.4 Å². The Balaban J connectivity index is 1.58. The highest BCUT2D eigenvalue weighted by atomic mass is 32.2. The molecule has 1 aromatic rings. The van der Waals surface area contributed by atoms with Gasteiger partial charge < -0.3 is 10.6 Å². The van der Waals surface area contributed by atoms with Crippen LogP contribution in [0.25, 0.3) is 0 Å². The summed E-state index contributed by atoms with van der Waals surface area (Å²) in [4.78, 5) is 5.98. The predicted octanol–water partition coefficient (Wildman–Crippen LogP) is 2.80. The summed E-state index contributed by atoms with van der Waals surface area (Å²) in [6.07, 6.45) is 5.69. The van der Waals surface area contributed by atoms with Crippen molar-refractivity contribution in [3.63, 3.8) is 0 Å². The molecule has 1 saturated carbocycles. The highest BCUT2D eigenvalue weighted by molar-refractivity contribution is 7.91. The monoisotopic (exact) mass is 383 g/mol. The van der Waals surface area contributed by atoms with Crippen molar-refractivity contribution in [2.75, 3.05) is 18.1 Å². The largest absolute Gasteiger partial charge is 0.356 e. The van der Waals surface area contributed by atoms with E-state index in [9.17, 15) is 8.42 Å². The lowest BCUT2D eigenvalue weighted by Gasteiger charge is -2.29. The van der Waals surface area contributed by atoms with Gasteiger partial charge in [0.2, 0.25) is 0 Å². The zero-order chi connectivity index (χ0) is 17.7. The molecule has 0 radical (unpaired) electrons. The number of nitrogens with one attached hydrogen (secondary N) is 2. The standard InChI is InChI=1S/C18H29N3O2S2/c1-14-4-2-5-16(10-14)21-18(20-12-17-6-3-8-24-17)19-11-15-7-9-25(22,23)13-15/h3,6,8,14-16H,2,4-5,7,9-13H2,1H3,(H2,19,20,21). The number of aliphatic imine (C=N–C) groups is 1. The van der Waals surface area contributed by atoms with Crippen LogP contribution >= 0.6 is 11.3 Å². The number of nitrogens with zero attached hydrogens (tertiary/aromatic N) is 1. The third-order valence-corrected chi connectivity index (χ3v) is 7.83. The van der Waals surface area contributed by atoms with E-state index in [-0.39, 0.29) is 5.92 Å². The molecular formula is C18H29N3O2S2. The van der Waals surface area contributed by atoms with Gasteiger partial charge in [0.15, 0.2) is 15.8 Å². The van der Waals surface area contributed by atoms with Crippen molar-refractivity contribution in [3.8, 4) is 0 Å². The molecule has 0 amide bonds. The number of rotatable bonds is 5. The minimum atomic E-state index is -2.82. The Labute approximate surface area is 155 Å². The maximum atomic E-state index is 11.6. The normalized spacial score (nSPS) is 29.5. The molecule has 25 heavy (non-hydrogen) atoms. The number of thiophene rings is 1. The van der Waals surface area contributed by atoms with Crippen molar-refractivity contribution in [2.45, 2.75) is 51.6 Å². The highest BCUT2D eigenvalue weighted by Crippen LogP contribution is 2.23. The highest BCUT2D eigenvalue weighted by Gasteiger charge is 2.28. The number of sulfone groups is 1. The van der Waals surface area contributed by atoms with Crippen molar-refractivity contribution in [1.29, 1.82) is 0 Å². The van der Waals surface area contributed by atoms with E-state index in [1.54, 1.807) is 11.3 Å². The maximum absolute atomic E-state index is 11.6. The van der Waals surface area contributed by atoms with Gasteiger partial charge in [0.25, 0.3) is 0 Å². The van der Waals surface area contributed by atoms with Gasteiger partial charge >= 0.3 is 0 Å². The molecule has 2 heterocycles. The molecule has 3 rings (SSSR count). The van der Waals surface area contributed by atoms with Crippen LogP contribution in [0.4, 0.5) is 0 Å². The first-order valence-corrected chi connectivity index (χ1v) is 12.0. The Morgan fingerprint density at radius 2 is 2.24 bits per heavy atom. The van der Waals surface area contributed by atoms with Gasteiger partial charge in [0, 0.05) is 17.5 Å². The van der Waals surface area contributed by atoms with Gasteiger partial charge in [-0.05, 0) is 42.5 Å². The van der Waals surface area contributed by atoms with E-state index in [4.69, 9.17) is 4.99 Å². The van der Waals surface area contributed by atoms with Crippen LogP contribution in [0.1, 0.15) is 43.9 Å². The van der Waals surface area contributed by atoms with Crippen LogP contribution in [-0.2, 0) is 16.4 Å². The van der Waals surface area contributed by atoms with E-state index in [0.717, 1.165) is 18.3 Å². The Hall–Kier alpha value is -1.08. The summed E-state index contributed by atoms with van der Waals surface area (Å²) >= 11 is 1.71. The first-order chi connectivity index (χ1) is 12.0. The van der Waals surface area contributed by atoms with Gasteiger partial charge in [0.1, 0.15) is 0 Å². The zero-order valence-corrected chi connectivity index (χ0v) is 16.5. The van der Waals surface area contributed by atoms with Crippen molar-refractivity contribution < 1.29 is 8.42 Å². The SMILES string of the molecule is CC1CCCC(NC(=NCc2cccs2)NCC2CCS(=O)(=O)C2)C1. The minimum absolute atomic E-state index is 0.198. The molecule has 1 aromatic heterocycles. The van der Waals surface area contributed by atoms with Gasteiger partial charge in [-0.1, -0.05) is 25.8 Å². The summed E-state index contributed by atoms with van der Waals surface area (Å²) < 4.78 is 23.3. The van der Waals surface area contributed by atoms with Crippen molar-refractivity contribution in [1.82, 2.24) is 10.6 Å². The van der Waals surface area contributed by atoms with Crippen LogP contribution in [-0.4, -0.2) is 38.5 Å². The van der Waals surface area contributed by atoms with Gasteiger partial charge in [-0.15, -0.1) is 11.3 Å². The van der Waals surface area contributed by atoms with E-state index in [1.165, 1.54) is 30.6 Å². The van der Waals surface area contributed by atoms with Crippen LogP contribution < -0.4 is 10.6 Å². The third kappa shape index (κ3) is 5.99. The Kier molecular flexibility index (Phi) is 6.39. The molecule has 2 aliphatic rings. The summed E-state index contributed by atoms with van der Waals surface area (Å²) in [5.74, 6) is 2.42. The van der Waals surface area contributed by atoms with Crippen LogP contribution in [0.3, 0.4) is 0 Å². The van der Waals surface area contributed by atoms with Crippen LogP contribution in [0.15, 0.2) is 22.5 Å². The van der Waals surface area contributed by atoms with Crippen molar-refractivity contribution in [2.24, 2.45) is 16.8 Å². The molecule has 0 bridgehead atoms. The van der Waals surface area contributed by atoms with Gasteiger partial charge in [-0.2, -0.15) is 0 Å². The summed E-state index contributed by atoms with van der Waals surface area (Å²) in [5, 5.41) is 9.06. The van der Waals surface area contributed by atoms with Crippen molar-refractivity contribution >= 4 is 27.1 Å². The van der Waals surface area contributed by atoms with E-state index < -0.39 is 9.84 Å². The number of hydrogen-bond donors (Lipinski definition) is 2. The Bertz CT molecular complexity index is 671. The number of guanidine groups is 1. The van der Waals surface area contributed by atoms with Gasteiger partial charge in [-0.3, -0.25) is 0 Å². The quantitative estimate of drug-likeness (QED) is 0.606. The molecule has 0 spiro atoms. The van der Waals surface area contributed by atoms with Crippen LogP contribution in [0.2, 0.25) is 0 Å². The fraction of sp³-hybridized carbons (Fsp3) is 0.722. The second-order valence-corrected chi connectivity index (χ2v) is 10.8. The first kappa shape index (κ1) is 18.7. The molecule has 3 unspecified atom stereocenters. The zero-order valence-electron chi connectivity index (χ0n) is 14.9. The molecule has 3 atom stereocenters. The van der Waals surface area contributed by atoms with Crippen LogP contribution in [0.5, 0.6) is 0 Å². The summed E-state index contributed by atoms with van der Waals surface area (Å²) in [5.41, 5.74) is 0. The van der Waals surface area contributed by atoms with E-state index >= 15 is 0 Å². The summed E-state index contributed by atoms with van der Waals surface area (Å²) in [6, 6.07) is 4.60. The molecule has 5 nitrogen and oxygen atoms in total. The molecule has 1 aliphatic carbocycles. The molecule has 0 aromatic carbocycles. The molecule has 140 valence electrons. The third-order valence-electron chi connectivity index (χ3n) is 5.14. The fourth-order valence-corrected chi connectivity index (χ4v) is 6.23. The average molecular weight is 384 g/mol. The molecule has 2 N–H and O–H groups in total. The lowest BCUT2D eigenvalue weighted by molar-refractivity contribution is 0.324. The Morgan fingerprint density at radius 1 is 1.36 bits per heavy atom. The van der Waals surface area contributed by atoms with Gasteiger partial charge in [-0.25, -0.2) is 13.4 Å². The first-order valence-electron chi connectivity index (χ1n) is 9.28. The second kappa shape index (κ2) is 8.54. The fourth-order valence-electron chi connectivity index (χ4n) is 3.74. The lowest BCUT2D eigenvalue weighted by atomic mass is 9.87. The maximum Gasteiger partial charge on any atom is 0.191 e. The van der Waals surface area contributed by atoms with E-state index in [2.05, 4.69) is 29.0 Å². The van der Waals surface area contributed by atoms with Crippen LogP contribution in [0, 0.1) is 11.8 Å². The number of hydrogen-bond acceptors (Lipinski definition) is 4. The van der Waals surface area contributed by atoms with E-state index in [0.29, 0.717) is 30.6 Å². The molecule has 1 aliphatic heterocycles. The Morgan fingerprint density at radius 3 is 2.92 bits per heavy atom. The molecular weight excluding hydrogens is 354 g/mol. The minimum Gasteiger partial charge on any atom is -0.356 e. The smallest absolute Gasteiger partial charge is 0.191 e. The summed E-state index contributed by atoms with van der Waals surface area (Å²) in [7, 11) is -2.82. The molecule has 7 heteroatoms. The average Bonchev–Trinajstić information content (AvgIpc) is 3.19. The second-order valence-electron chi connectivity index (χ2n) is 7.51. The lowest BCUT2D eigenvalue weighted by Crippen LogP contribution is -2.46. The predicted molar refractivity (Wildman–Crippen MR) is 105 cm³/mol. The van der Waals surface area contributed by atoms with E-state index in [1.807, 2.05) is 6.07 Å². The molecule has 1 saturated heterocycles. The topological polar surface area (TPSA) is 70.6 Å². The molecule has 2 fully saturated rings.